The fourth-order valence-corrected chi connectivity index (χ4v) is 2.92. The van der Waals surface area contributed by atoms with E-state index in [9.17, 15) is 9.18 Å². The van der Waals surface area contributed by atoms with Crippen LogP contribution in [0.1, 0.15) is 16.7 Å². The highest BCUT2D eigenvalue weighted by molar-refractivity contribution is 5.91. The summed E-state index contributed by atoms with van der Waals surface area (Å²) in [7, 11) is 0. The van der Waals surface area contributed by atoms with Gasteiger partial charge in [-0.15, -0.1) is 0 Å². The van der Waals surface area contributed by atoms with Crippen molar-refractivity contribution < 1.29 is 13.9 Å². The van der Waals surface area contributed by atoms with E-state index in [1.54, 1.807) is 41.5 Å². The van der Waals surface area contributed by atoms with Crippen LogP contribution in [-0.2, 0) is 17.9 Å². The molecule has 0 aliphatic heterocycles. The van der Waals surface area contributed by atoms with E-state index in [-0.39, 0.29) is 11.7 Å². The van der Waals surface area contributed by atoms with Gasteiger partial charge < -0.3 is 10.1 Å². The van der Waals surface area contributed by atoms with Crippen molar-refractivity contribution in [1.82, 2.24) is 25.1 Å². The fraction of sp³-hybridized carbons (Fsp3) is 0.0833. The first-order chi connectivity index (χ1) is 15.7. The Morgan fingerprint density at radius 1 is 1.09 bits per heavy atom. The molecule has 160 valence electrons. The molecule has 0 fully saturated rings. The minimum atomic E-state index is -0.526. The van der Waals surface area contributed by atoms with Crippen LogP contribution >= 0.6 is 0 Å². The van der Waals surface area contributed by atoms with E-state index in [1.165, 1.54) is 30.7 Å². The van der Waals surface area contributed by atoms with Crippen molar-refractivity contribution in [3.8, 4) is 11.5 Å². The summed E-state index contributed by atoms with van der Waals surface area (Å²) in [6, 6.07) is 15.8. The highest BCUT2D eigenvalue weighted by Gasteiger charge is 2.06. The lowest BCUT2D eigenvalue weighted by molar-refractivity contribution is -0.116. The molecular formula is C24H20FN5O2. The van der Waals surface area contributed by atoms with Crippen molar-refractivity contribution in [3.63, 3.8) is 0 Å². The number of nitrogens with zero attached hydrogens (tertiary/aromatic N) is 4. The normalized spacial score (nSPS) is 10.9. The monoisotopic (exact) mass is 429 g/mol. The predicted octanol–water partition coefficient (Wildman–Crippen LogP) is 3.98. The number of pyridine rings is 1. The SMILES string of the molecule is O=C(/C=C/c1ccc(Oc2cccnc2)c(F)c1)NCc1ccc(Cn2cncn2)cc1. The van der Waals surface area contributed by atoms with E-state index < -0.39 is 5.82 Å². The zero-order valence-corrected chi connectivity index (χ0v) is 17.1. The van der Waals surface area contributed by atoms with Crippen LogP contribution in [-0.4, -0.2) is 25.7 Å². The van der Waals surface area contributed by atoms with Crippen molar-refractivity contribution in [2.24, 2.45) is 0 Å². The lowest BCUT2D eigenvalue weighted by Gasteiger charge is -2.07. The topological polar surface area (TPSA) is 81.9 Å². The summed E-state index contributed by atoms with van der Waals surface area (Å²) in [6.45, 7) is 1.02. The molecule has 0 saturated carbocycles. The van der Waals surface area contributed by atoms with Gasteiger partial charge in [-0.05, 0) is 47.0 Å². The Balaban J connectivity index is 1.28. The summed E-state index contributed by atoms with van der Waals surface area (Å²) in [5.41, 5.74) is 2.61. The molecule has 1 N–H and O–H groups in total. The van der Waals surface area contributed by atoms with Gasteiger partial charge >= 0.3 is 0 Å². The summed E-state index contributed by atoms with van der Waals surface area (Å²) in [4.78, 5) is 20.0. The van der Waals surface area contributed by atoms with Crippen molar-refractivity contribution in [3.05, 3.63) is 108 Å². The van der Waals surface area contributed by atoms with Crippen LogP contribution in [0, 0.1) is 5.82 Å². The third-order valence-electron chi connectivity index (χ3n) is 4.55. The molecule has 7 nitrogen and oxygen atoms in total. The maximum atomic E-state index is 14.3. The number of hydrogen-bond donors (Lipinski definition) is 1. The van der Waals surface area contributed by atoms with Gasteiger partial charge in [-0.25, -0.2) is 14.1 Å². The summed E-state index contributed by atoms with van der Waals surface area (Å²) in [6.07, 6.45) is 9.19. The molecule has 2 aromatic carbocycles. The van der Waals surface area contributed by atoms with Crippen LogP contribution in [0.4, 0.5) is 4.39 Å². The third-order valence-corrected chi connectivity index (χ3v) is 4.55. The third kappa shape index (κ3) is 5.85. The molecule has 8 heteroatoms. The first-order valence-corrected chi connectivity index (χ1v) is 9.89. The smallest absolute Gasteiger partial charge is 0.244 e. The summed E-state index contributed by atoms with van der Waals surface area (Å²) in [5, 5.41) is 6.89. The predicted molar refractivity (Wildman–Crippen MR) is 117 cm³/mol. The second kappa shape index (κ2) is 10.1. The van der Waals surface area contributed by atoms with Gasteiger partial charge in [0.15, 0.2) is 11.6 Å². The molecule has 4 aromatic rings. The molecule has 2 aromatic heterocycles. The maximum Gasteiger partial charge on any atom is 0.244 e. The van der Waals surface area contributed by atoms with Crippen molar-refractivity contribution >= 4 is 12.0 Å². The Morgan fingerprint density at radius 2 is 1.94 bits per heavy atom. The zero-order valence-electron chi connectivity index (χ0n) is 17.1. The van der Waals surface area contributed by atoms with Gasteiger partial charge in [0.25, 0.3) is 0 Å². The number of carbonyl (C=O) groups excluding carboxylic acids is 1. The largest absolute Gasteiger partial charge is 0.453 e. The number of hydrogen-bond acceptors (Lipinski definition) is 5. The standard InChI is InChI=1S/C24H20FN5O2/c25-22-12-18(7-9-23(22)32-21-2-1-11-26-14-21)8-10-24(31)28-13-19-3-5-20(6-4-19)15-30-17-27-16-29-30/h1-12,14,16-17H,13,15H2,(H,28,31)/b10-8+. The van der Waals surface area contributed by atoms with E-state index in [2.05, 4.69) is 20.4 Å². The number of aromatic nitrogens is 4. The number of nitrogens with one attached hydrogen (secondary N) is 1. The Hall–Kier alpha value is -4.33. The fourth-order valence-electron chi connectivity index (χ4n) is 2.92. The van der Waals surface area contributed by atoms with Crippen LogP contribution < -0.4 is 10.1 Å². The van der Waals surface area contributed by atoms with Gasteiger partial charge in [-0.2, -0.15) is 5.10 Å². The number of halogens is 1. The van der Waals surface area contributed by atoms with E-state index in [4.69, 9.17) is 4.74 Å². The Labute approximate surface area is 184 Å². The second-order valence-corrected chi connectivity index (χ2v) is 6.94. The van der Waals surface area contributed by atoms with Crippen molar-refractivity contribution in [1.29, 1.82) is 0 Å². The molecule has 2 heterocycles. The minimum Gasteiger partial charge on any atom is -0.453 e. The molecule has 0 unspecified atom stereocenters. The molecule has 32 heavy (non-hydrogen) atoms. The maximum absolute atomic E-state index is 14.3. The molecule has 0 bridgehead atoms. The van der Waals surface area contributed by atoms with E-state index in [0.29, 0.717) is 24.4 Å². The number of benzene rings is 2. The second-order valence-electron chi connectivity index (χ2n) is 6.94. The molecule has 0 aliphatic rings. The Bertz CT molecular complexity index is 1190. The average molecular weight is 429 g/mol. The molecule has 0 spiro atoms. The highest BCUT2D eigenvalue weighted by Crippen LogP contribution is 2.24. The quantitative estimate of drug-likeness (QED) is 0.429. The Kier molecular flexibility index (Phi) is 6.62. The van der Waals surface area contributed by atoms with Gasteiger partial charge in [0.1, 0.15) is 18.4 Å². The minimum absolute atomic E-state index is 0.0897. The molecule has 0 saturated heterocycles. The van der Waals surface area contributed by atoms with Crippen LogP contribution in [0.3, 0.4) is 0 Å². The van der Waals surface area contributed by atoms with Gasteiger partial charge in [-0.3, -0.25) is 9.78 Å². The lowest BCUT2D eigenvalue weighted by Crippen LogP contribution is -2.20. The van der Waals surface area contributed by atoms with Gasteiger partial charge in [-0.1, -0.05) is 30.3 Å². The summed E-state index contributed by atoms with van der Waals surface area (Å²) < 4.78 is 21.5. The average Bonchev–Trinajstić information content (AvgIpc) is 3.33. The zero-order chi connectivity index (χ0) is 22.2. The van der Waals surface area contributed by atoms with E-state index in [1.807, 2.05) is 24.3 Å². The van der Waals surface area contributed by atoms with Crippen LogP contribution in [0.25, 0.3) is 6.08 Å². The van der Waals surface area contributed by atoms with E-state index in [0.717, 1.165) is 11.1 Å². The lowest BCUT2D eigenvalue weighted by atomic mass is 10.1. The van der Waals surface area contributed by atoms with Crippen LogP contribution in [0.15, 0.2) is 85.7 Å². The molecule has 1 amide bonds. The number of carbonyl (C=O) groups is 1. The van der Waals surface area contributed by atoms with Crippen LogP contribution in [0.2, 0.25) is 0 Å². The number of ether oxygens (including phenoxy) is 1. The molecule has 4 rings (SSSR count). The van der Waals surface area contributed by atoms with Crippen molar-refractivity contribution in [2.45, 2.75) is 13.1 Å². The number of rotatable bonds is 8. The molecule has 0 atom stereocenters. The van der Waals surface area contributed by atoms with Gasteiger partial charge in [0.05, 0.1) is 12.7 Å². The summed E-state index contributed by atoms with van der Waals surface area (Å²) in [5.74, 6) is -0.262. The first-order valence-electron chi connectivity index (χ1n) is 9.89. The Morgan fingerprint density at radius 3 is 2.66 bits per heavy atom. The van der Waals surface area contributed by atoms with Gasteiger partial charge in [0.2, 0.25) is 5.91 Å². The van der Waals surface area contributed by atoms with E-state index >= 15 is 0 Å². The number of amides is 1. The van der Waals surface area contributed by atoms with Gasteiger partial charge in [0, 0.05) is 18.8 Å². The van der Waals surface area contributed by atoms with Crippen molar-refractivity contribution in [2.75, 3.05) is 0 Å². The summed E-state index contributed by atoms with van der Waals surface area (Å²) >= 11 is 0. The molecule has 0 radical (unpaired) electrons. The first kappa shape index (κ1) is 20.9. The molecule has 0 aliphatic carbocycles. The highest BCUT2D eigenvalue weighted by atomic mass is 19.1. The molecular weight excluding hydrogens is 409 g/mol. The van der Waals surface area contributed by atoms with Crippen LogP contribution in [0.5, 0.6) is 11.5 Å².